The molecule has 2 rings (SSSR count). The van der Waals surface area contributed by atoms with E-state index < -0.39 is 6.10 Å². The minimum Gasteiger partial charge on any atom is -0.398 e. The number of methoxy groups -OCH3 is 1. The summed E-state index contributed by atoms with van der Waals surface area (Å²) in [6.45, 7) is 0.259. The predicted molar refractivity (Wildman–Crippen MR) is 76.4 cm³/mol. The van der Waals surface area contributed by atoms with Crippen molar-refractivity contribution < 1.29 is 14.6 Å². The Bertz CT molecular complexity index is 616. The molecule has 20 heavy (non-hydrogen) atoms. The Labute approximate surface area is 116 Å². The summed E-state index contributed by atoms with van der Waals surface area (Å²) in [5, 5.41) is 12.9. The van der Waals surface area contributed by atoms with Gasteiger partial charge in [-0.25, -0.2) is 4.98 Å². The van der Waals surface area contributed by atoms with Crippen LogP contribution in [-0.4, -0.2) is 42.4 Å². The first kappa shape index (κ1) is 14.2. The van der Waals surface area contributed by atoms with E-state index in [0.29, 0.717) is 11.2 Å². The first-order valence-corrected chi connectivity index (χ1v) is 6.22. The number of fused-ring (bicyclic) bond motifs is 1. The molecule has 0 aliphatic carbocycles. The number of carbonyl (C=O) groups is 1. The Morgan fingerprint density at radius 2 is 2.25 bits per heavy atom. The molecule has 1 amide bonds. The number of hydrogen-bond donors (Lipinski definition) is 3. The van der Waals surface area contributed by atoms with Crippen molar-refractivity contribution in [3.63, 3.8) is 0 Å². The topological polar surface area (TPSA) is 97.5 Å². The van der Waals surface area contributed by atoms with E-state index in [9.17, 15) is 9.90 Å². The van der Waals surface area contributed by atoms with Crippen molar-refractivity contribution in [2.45, 2.75) is 6.10 Å². The quantitative estimate of drug-likeness (QED) is 0.740. The van der Waals surface area contributed by atoms with Gasteiger partial charge in [0.1, 0.15) is 5.69 Å². The van der Waals surface area contributed by atoms with Crippen molar-refractivity contribution in [1.82, 2.24) is 10.3 Å². The van der Waals surface area contributed by atoms with Crippen molar-refractivity contribution in [1.29, 1.82) is 0 Å². The summed E-state index contributed by atoms with van der Waals surface area (Å²) in [5.41, 5.74) is 7.30. The second kappa shape index (κ2) is 6.31. The van der Waals surface area contributed by atoms with Crippen LogP contribution in [0.2, 0.25) is 0 Å². The molecule has 0 aliphatic heterocycles. The molecule has 0 aliphatic rings. The highest BCUT2D eigenvalue weighted by atomic mass is 16.5. The first-order chi connectivity index (χ1) is 9.61. The molecule has 106 valence electrons. The minimum absolute atomic E-state index is 0.0983. The number of para-hydroxylation sites is 1. The van der Waals surface area contributed by atoms with Gasteiger partial charge in [0.2, 0.25) is 0 Å². The van der Waals surface area contributed by atoms with E-state index >= 15 is 0 Å². The van der Waals surface area contributed by atoms with E-state index in [4.69, 9.17) is 10.5 Å². The highest BCUT2D eigenvalue weighted by molar-refractivity contribution is 5.99. The number of nitrogens with two attached hydrogens (primary N) is 1. The Morgan fingerprint density at radius 3 is 3.00 bits per heavy atom. The van der Waals surface area contributed by atoms with Crippen LogP contribution in [0.1, 0.15) is 10.5 Å². The number of amides is 1. The van der Waals surface area contributed by atoms with Gasteiger partial charge in [0.05, 0.1) is 18.2 Å². The number of aliphatic hydroxyl groups is 1. The molecule has 0 spiro atoms. The molecule has 6 nitrogen and oxygen atoms in total. The monoisotopic (exact) mass is 275 g/mol. The van der Waals surface area contributed by atoms with Gasteiger partial charge >= 0.3 is 0 Å². The molecule has 1 aromatic carbocycles. The lowest BCUT2D eigenvalue weighted by molar-refractivity contribution is 0.0608. The number of nitrogens with one attached hydrogen (secondary N) is 1. The SMILES string of the molecule is COCC(O)CNC(=O)c1cc(N)c2ccccc2n1. The summed E-state index contributed by atoms with van der Waals surface area (Å²) < 4.78 is 4.78. The van der Waals surface area contributed by atoms with E-state index in [0.717, 1.165) is 5.39 Å². The summed E-state index contributed by atoms with van der Waals surface area (Å²) in [4.78, 5) is 16.2. The second-order valence-electron chi connectivity index (χ2n) is 4.43. The van der Waals surface area contributed by atoms with Gasteiger partial charge < -0.3 is 20.9 Å². The van der Waals surface area contributed by atoms with E-state index in [-0.39, 0.29) is 24.8 Å². The first-order valence-electron chi connectivity index (χ1n) is 6.22. The van der Waals surface area contributed by atoms with Gasteiger partial charge in [0.25, 0.3) is 5.91 Å². The number of hydrogen-bond acceptors (Lipinski definition) is 5. The van der Waals surface area contributed by atoms with Crippen LogP contribution in [0, 0.1) is 0 Å². The fourth-order valence-corrected chi connectivity index (χ4v) is 1.87. The molecule has 2 aromatic rings. The highest BCUT2D eigenvalue weighted by Crippen LogP contribution is 2.19. The molecular weight excluding hydrogens is 258 g/mol. The second-order valence-corrected chi connectivity index (χ2v) is 4.43. The normalized spacial score (nSPS) is 12.3. The molecule has 6 heteroatoms. The number of benzene rings is 1. The Balaban J connectivity index is 2.14. The highest BCUT2D eigenvalue weighted by Gasteiger charge is 2.12. The maximum Gasteiger partial charge on any atom is 0.270 e. The largest absolute Gasteiger partial charge is 0.398 e. The van der Waals surface area contributed by atoms with Crippen LogP contribution in [0.3, 0.4) is 0 Å². The number of nitrogens with zero attached hydrogens (tertiary/aromatic N) is 1. The maximum atomic E-state index is 12.0. The van der Waals surface area contributed by atoms with E-state index in [1.54, 1.807) is 6.07 Å². The zero-order valence-electron chi connectivity index (χ0n) is 11.2. The fraction of sp³-hybridized carbons (Fsp3) is 0.286. The van der Waals surface area contributed by atoms with Crippen molar-refractivity contribution >= 4 is 22.5 Å². The number of rotatable bonds is 5. The van der Waals surface area contributed by atoms with Gasteiger partial charge in [-0.1, -0.05) is 18.2 Å². The zero-order valence-corrected chi connectivity index (χ0v) is 11.2. The lowest BCUT2D eigenvalue weighted by Crippen LogP contribution is -2.34. The molecule has 0 fully saturated rings. The standard InChI is InChI=1S/C14H17N3O3/c1-20-8-9(18)7-16-14(19)13-6-11(15)10-4-2-3-5-12(10)17-13/h2-6,9,18H,7-8H2,1H3,(H2,15,17)(H,16,19). The van der Waals surface area contributed by atoms with Gasteiger partial charge in [-0.05, 0) is 12.1 Å². The fourth-order valence-electron chi connectivity index (χ4n) is 1.87. The van der Waals surface area contributed by atoms with Crippen molar-refractivity contribution in [2.75, 3.05) is 26.0 Å². The number of ether oxygens (including phenoxy) is 1. The number of nitrogen functional groups attached to an aromatic ring is 1. The zero-order chi connectivity index (χ0) is 14.5. The Morgan fingerprint density at radius 1 is 1.50 bits per heavy atom. The molecule has 1 heterocycles. The number of carbonyl (C=O) groups excluding carboxylic acids is 1. The van der Waals surface area contributed by atoms with Crippen molar-refractivity contribution in [3.8, 4) is 0 Å². The van der Waals surface area contributed by atoms with Crippen LogP contribution in [0.25, 0.3) is 10.9 Å². The average Bonchev–Trinajstić information content (AvgIpc) is 2.45. The van der Waals surface area contributed by atoms with Crippen LogP contribution in [-0.2, 0) is 4.74 Å². The average molecular weight is 275 g/mol. The molecule has 4 N–H and O–H groups in total. The maximum absolute atomic E-state index is 12.0. The molecule has 1 atom stereocenters. The summed E-state index contributed by atoms with van der Waals surface area (Å²) in [7, 11) is 1.48. The third-order valence-electron chi connectivity index (χ3n) is 2.84. The third kappa shape index (κ3) is 3.23. The molecule has 1 unspecified atom stereocenters. The van der Waals surface area contributed by atoms with Gasteiger partial charge in [0, 0.05) is 24.7 Å². The van der Waals surface area contributed by atoms with Crippen LogP contribution >= 0.6 is 0 Å². The lowest BCUT2D eigenvalue weighted by atomic mass is 10.1. The van der Waals surface area contributed by atoms with Gasteiger partial charge in [0.15, 0.2) is 0 Å². The minimum atomic E-state index is -0.748. The molecule has 0 saturated carbocycles. The van der Waals surface area contributed by atoms with Gasteiger partial charge in [-0.15, -0.1) is 0 Å². The van der Waals surface area contributed by atoms with E-state index in [1.165, 1.54) is 13.2 Å². The lowest BCUT2D eigenvalue weighted by Gasteiger charge is -2.11. The van der Waals surface area contributed by atoms with E-state index in [1.807, 2.05) is 18.2 Å². The summed E-state index contributed by atoms with van der Waals surface area (Å²) in [5.74, 6) is -0.377. The molecule has 0 radical (unpaired) electrons. The number of pyridine rings is 1. The summed E-state index contributed by atoms with van der Waals surface area (Å²) >= 11 is 0. The predicted octanol–water partition coefficient (Wildman–Crippen LogP) is 0.554. The third-order valence-corrected chi connectivity index (χ3v) is 2.84. The van der Waals surface area contributed by atoms with Gasteiger partial charge in [-0.2, -0.15) is 0 Å². The molecule has 0 saturated heterocycles. The van der Waals surface area contributed by atoms with Crippen LogP contribution in [0.5, 0.6) is 0 Å². The van der Waals surface area contributed by atoms with E-state index in [2.05, 4.69) is 10.3 Å². The molecular formula is C14H17N3O3. The van der Waals surface area contributed by atoms with Crippen LogP contribution in [0.4, 0.5) is 5.69 Å². The number of anilines is 1. The van der Waals surface area contributed by atoms with Gasteiger partial charge in [-0.3, -0.25) is 4.79 Å². The van der Waals surface area contributed by atoms with Crippen molar-refractivity contribution in [3.05, 3.63) is 36.0 Å². The number of aliphatic hydroxyl groups excluding tert-OH is 1. The Kier molecular flexibility index (Phi) is 4.49. The molecule has 0 bridgehead atoms. The smallest absolute Gasteiger partial charge is 0.270 e. The summed E-state index contributed by atoms with van der Waals surface area (Å²) in [6.07, 6.45) is -0.748. The molecule has 1 aromatic heterocycles. The summed E-state index contributed by atoms with van der Waals surface area (Å²) in [6, 6.07) is 8.87. The number of aromatic nitrogens is 1. The van der Waals surface area contributed by atoms with Crippen LogP contribution in [0.15, 0.2) is 30.3 Å². The van der Waals surface area contributed by atoms with Crippen molar-refractivity contribution in [2.24, 2.45) is 0 Å². The van der Waals surface area contributed by atoms with Crippen LogP contribution < -0.4 is 11.1 Å². The Hall–Kier alpha value is -2.18.